The molecule has 0 N–H and O–H groups in total. The van der Waals surface area contributed by atoms with Crippen LogP contribution in [0.3, 0.4) is 0 Å². The number of hydrogen-bond acceptors (Lipinski definition) is 2. The molecule has 0 fully saturated rings. The third-order valence-electron chi connectivity index (χ3n) is 2.53. The molecule has 0 bridgehead atoms. The fourth-order valence-electron chi connectivity index (χ4n) is 1.86. The lowest BCUT2D eigenvalue weighted by molar-refractivity contribution is 0.111. The minimum atomic E-state index is 0.458. The van der Waals surface area contributed by atoms with E-state index in [1.54, 1.807) is 0 Å². The van der Waals surface area contributed by atoms with Gasteiger partial charge in [0.05, 0.1) is 0 Å². The molecule has 0 spiro atoms. The Morgan fingerprint density at radius 2 is 2.46 bits per heavy atom. The summed E-state index contributed by atoms with van der Waals surface area (Å²) >= 11 is 3.41. The van der Waals surface area contributed by atoms with E-state index in [4.69, 9.17) is 0 Å². The monoisotopic (exact) mass is 242 g/mol. The van der Waals surface area contributed by atoms with E-state index >= 15 is 0 Å². The van der Waals surface area contributed by atoms with Crippen molar-refractivity contribution in [2.24, 2.45) is 0 Å². The molecule has 0 amide bonds. The van der Waals surface area contributed by atoms with Crippen LogP contribution in [-0.2, 0) is 6.42 Å². The van der Waals surface area contributed by atoms with Gasteiger partial charge in [-0.05, 0) is 35.7 Å². The van der Waals surface area contributed by atoms with E-state index < -0.39 is 0 Å². The van der Waals surface area contributed by atoms with Gasteiger partial charge in [0, 0.05) is 12.5 Å². The molecular weight excluding hydrogens is 232 g/mol. The van der Waals surface area contributed by atoms with E-state index in [1.165, 1.54) is 12.8 Å². The molecule has 0 radical (unpaired) electrons. The number of carbonyl (C=O) groups excluding carboxylic acids is 1. The van der Waals surface area contributed by atoms with Crippen molar-refractivity contribution in [1.29, 1.82) is 0 Å². The molecule has 4 heteroatoms. The molecule has 1 atom stereocenters. The van der Waals surface area contributed by atoms with Crippen LogP contribution in [-0.4, -0.2) is 15.8 Å². The van der Waals surface area contributed by atoms with Gasteiger partial charge in [-0.1, -0.05) is 0 Å². The van der Waals surface area contributed by atoms with E-state index in [-0.39, 0.29) is 0 Å². The maximum atomic E-state index is 10.6. The van der Waals surface area contributed by atoms with Gasteiger partial charge in [-0.25, -0.2) is 4.98 Å². The Kier molecular flexibility index (Phi) is 2.24. The summed E-state index contributed by atoms with van der Waals surface area (Å²) in [5, 5.41) is 0. The second-order valence-corrected chi connectivity index (χ2v) is 4.18. The first-order chi connectivity index (χ1) is 6.24. The smallest absolute Gasteiger partial charge is 0.171 e. The van der Waals surface area contributed by atoms with Crippen LogP contribution >= 0.6 is 15.9 Å². The lowest BCUT2D eigenvalue weighted by Gasteiger charge is -2.22. The van der Waals surface area contributed by atoms with Crippen LogP contribution in [0.15, 0.2) is 4.60 Å². The van der Waals surface area contributed by atoms with Gasteiger partial charge in [-0.15, -0.1) is 0 Å². The molecule has 1 aliphatic rings. The molecule has 13 heavy (non-hydrogen) atoms. The highest BCUT2D eigenvalue weighted by Gasteiger charge is 2.22. The highest BCUT2D eigenvalue weighted by atomic mass is 79.9. The van der Waals surface area contributed by atoms with Crippen LogP contribution in [0.5, 0.6) is 0 Å². The molecule has 0 aromatic carbocycles. The molecule has 1 aromatic rings. The van der Waals surface area contributed by atoms with Crippen molar-refractivity contribution >= 4 is 22.2 Å². The predicted molar refractivity (Wildman–Crippen MR) is 53.0 cm³/mol. The van der Waals surface area contributed by atoms with Crippen molar-refractivity contribution in [1.82, 2.24) is 9.55 Å². The molecule has 2 heterocycles. The number of carbonyl (C=O) groups is 1. The van der Waals surface area contributed by atoms with Crippen LogP contribution in [0.25, 0.3) is 0 Å². The minimum Gasteiger partial charge on any atom is -0.319 e. The van der Waals surface area contributed by atoms with Gasteiger partial charge in [-0.3, -0.25) is 4.79 Å². The summed E-state index contributed by atoms with van der Waals surface area (Å²) in [6, 6.07) is 0.458. The number of aromatic nitrogens is 2. The van der Waals surface area contributed by atoms with Gasteiger partial charge in [-0.2, -0.15) is 0 Å². The molecule has 0 saturated carbocycles. The average Bonchev–Trinajstić information content (AvgIpc) is 2.44. The van der Waals surface area contributed by atoms with Crippen molar-refractivity contribution in [2.75, 3.05) is 0 Å². The molecular formula is C9H11BrN2O. The Labute approximate surface area is 85.3 Å². The largest absolute Gasteiger partial charge is 0.319 e. The van der Waals surface area contributed by atoms with Gasteiger partial charge in [0.15, 0.2) is 6.29 Å². The number of nitrogens with zero attached hydrogens (tertiary/aromatic N) is 2. The quantitative estimate of drug-likeness (QED) is 0.709. The fraction of sp³-hybridized carbons (Fsp3) is 0.556. The van der Waals surface area contributed by atoms with Gasteiger partial charge in [0.2, 0.25) is 0 Å². The number of halogens is 1. The van der Waals surface area contributed by atoms with Gasteiger partial charge in [0.1, 0.15) is 16.1 Å². The van der Waals surface area contributed by atoms with E-state index in [1.807, 2.05) is 0 Å². The van der Waals surface area contributed by atoms with Crippen molar-refractivity contribution in [3.63, 3.8) is 0 Å². The van der Waals surface area contributed by atoms with Gasteiger partial charge in [0.25, 0.3) is 0 Å². The van der Waals surface area contributed by atoms with E-state index in [2.05, 4.69) is 32.4 Å². The molecule has 2 rings (SSSR count). The standard InChI is InChI=1S/C9H11BrN2O/c1-6-3-2-4-8-11-7(5-13)9(10)12(6)8/h5-6H,2-4H2,1H3. The minimum absolute atomic E-state index is 0.458. The Balaban J connectivity index is 2.55. The summed E-state index contributed by atoms with van der Waals surface area (Å²) in [6.07, 6.45) is 4.13. The molecule has 1 unspecified atom stereocenters. The lowest BCUT2D eigenvalue weighted by atomic mass is 10.1. The number of imidazole rings is 1. The Morgan fingerprint density at radius 1 is 1.69 bits per heavy atom. The second-order valence-electron chi connectivity index (χ2n) is 3.43. The molecule has 1 aliphatic heterocycles. The number of fused-ring (bicyclic) bond motifs is 1. The van der Waals surface area contributed by atoms with Gasteiger partial charge >= 0.3 is 0 Å². The molecule has 3 nitrogen and oxygen atoms in total. The lowest BCUT2D eigenvalue weighted by Crippen LogP contribution is -2.15. The third-order valence-corrected chi connectivity index (χ3v) is 3.31. The fourth-order valence-corrected chi connectivity index (χ4v) is 2.60. The van der Waals surface area contributed by atoms with Crippen molar-refractivity contribution in [2.45, 2.75) is 32.2 Å². The van der Waals surface area contributed by atoms with Crippen LogP contribution in [0.1, 0.15) is 42.1 Å². The zero-order chi connectivity index (χ0) is 9.42. The average molecular weight is 243 g/mol. The Bertz CT molecular complexity index is 346. The Hall–Kier alpha value is -0.640. The first-order valence-corrected chi connectivity index (χ1v) is 5.25. The molecule has 0 saturated heterocycles. The maximum absolute atomic E-state index is 10.6. The topological polar surface area (TPSA) is 34.9 Å². The van der Waals surface area contributed by atoms with E-state index in [0.29, 0.717) is 11.7 Å². The summed E-state index contributed by atoms with van der Waals surface area (Å²) in [7, 11) is 0. The van der Waals surface area contributed by atoms with E-state index in [0.717, 1.165) is 23.1 Å². The zero-order valence-electron chi connectivity index (χ0n) is 7.46. The first-order valence-electron chi connectivity index (χ1n) is 4.46. The summed E-state index contributed by atoms with van der Waals surface area (Å²) in [6.45, 7) is 2.16. The van der Waals surface area contributed by atoms with Crippen LogP contribution in [0, 0.1) is 0 Å². The number of rotatable bonds is 1. The number of aldehydes is 1. The third kappa shape index (κ3) is 1.33. The predicted octanol–water partition coefficient (Wildman–Crippen LogP) is 2.36. The highest BCUT2D eigenvalue weighted by Crippen LogP contribution is 2.30. The van der Waals surface area contributed by atoms with Crippen molar-refractivity contribution < 1.29 is 4.79 Å². The first kappa shape index (κ1) is 8.94. The summed E-state index contributed by atoms with van der Waals surface area (Å²) in [5.74, 6) is 1.03. The Morgan fingerprint density at radius 3 is 3.08 bits per heavy atom. The van der Waals surface area contributed by atoms with Crippen molar-refractivity contribution in [3.8, 4) is 0 Å². The number of aryl methyl sites for hydroxylation is 1. The summed E-state index contributed by atoms with van der Waals surface area (Å²) < 4.78 is 2.96. The zero-order valence-corrected chi connectivity index (χ0v) is 9.04. The number of hydrogen-bond donors (Lipinski definition) is 0. The molecule has 70 valence electrons. The maximum Gasteiger partial charge on any atom is 0.171 e. The van der Waals surface area contributed by atoms with E-state index in [9.17, 15) is 4.79 Å². The summed E-state index contributed by atoms with van der Waals surface area (Å²) in [5.41, 5.74) is 0.531. The normalized spacial score (nSPS) is 21.2. The molecule has 0 aliphatic carbocycles. The SMILES string of the molecule is CC1CCCc2nc(C=O)c(Br)n21. The van der Waals surface area contributed by atoms with Crippen LogP contribution in [0.4, 0.5) is 0 Å². The van der Waals surface area contributed by atoms with Crippen LogP contribution < -0.4 is 0 Å². The van der Waals surface area contributed by atoms with Crippen LogP contribution in [0.2, 0.25) is 0 Å². The highest BCUT2D eigenvalue weighted by molar-refractivity contribution is 9.10. The summed E-state index contributed by atoms with van der Waals surface area (Å²) in [4.78, 5) is 14.9. The molecule has 1 aromatic heterocycles. The van der Waals surface area contributed by atoms with Crippen molar-refractivity contribution in [3.05, 3.63) is 16.1 Å². The van der Waals surface area contributed by atoms with Gasteiger partial charge < -0.3 is 4.57 Å². The second kappa shape index (κ2) is 3.25.